The smallest absolute Gasteiger partial charge is 0.175 e. The first-order valence-electron chi connectivity index (χ1n) is 7.96. The van der Waals surface area contributed by atoms with Crippen molar-refractivity contribution >= 4 is 15.9 Å². The summed E-state index contributed by atoms with van der Waals surface area (Å²) in [5, 5.41) is 3.46. The van der Waals surface area contributed by atoms with Crippen LogP contribution in [-0.2, 0) is 13.1 Å². The van der Waals surface area contributed by atoms with Gasteiger partial charge in [-0.3, -0.25) is 0 Å². The Morgan fingerprint density at radius 3 is 2.39 bits per heavy atom. The van der Waals surface area contributed by atoms with Gasteiger partial charge in [-0.15, -0.1) is 0 Å². The van der Waals surface area contributed by atoms with Crippen LogP contribution >= 0.6 is 15.9 Å². The van der Waals surface area contributed by atoms with Gasteiger partial charge in [-0.05, 0) is 60.0 Å². The Kier molecular flexibility index (Phi) is 6.93. The molecule has 0 atom stereocenters. The molecule has 23 heavy (non-hydrogen) atoms. The molecule has 0 saturated carbocycles. The summed E-state index contributed by atoms with van der Waals surface area (Å²) in [5.74, 6) is 1.56. The largest absolute Gasteiger partial charge is 0.490 e. The van der Waals surface area contributed by atoms with E-state index in [2.05, 4.69) is 51.6 Å². The predicted molar refractivity (Wildman–Crippen MR) is 98.1 cm³/mol. The minimum atomic E-state index is 0.104. The molecule has 0 bridgehead atoms. The molecule has 124 valence electrons. The molecule has 0 aliphatic carbocycles. The third-order valence-corrected chi connectivity index (χ3v) is 3.81. The number of halogens is 1. The molecule has 0 amide bonds. The van der Waals surface area contributed by atoms with E-state index in [1.54, 1.807) is 0 Å². The second kappa shape index (κ2) is 8.94. The van der Waals surface area contributed by atoms with Crippen LogP contribution in [0, 0.1) is 0 Å². The Bertz CT molecular complexity index is 614. The van der Waals surface area contributed by atoms with E-state index in [1.807, 2.05) is 32.9 Å². The molecular formula is C19H24BrNO2. The summed E-state index contributed by atoms with van der Waals surface area (Å²) in [6.45, 7) is 8.23. The molecule has 0 saturated heterocycles. The zero-order valence-electron chi connectivity index (χ0n) is 13.9. The normalized spacial score (nSPS) is 10.8. The maximum Gasteiger partial charge on any atom is 0.175 e. The Labute approximate surface area is 147 Å². The van der Waals surface area contributed by atoms with E-state index in [-0.39, 0.29) is 6.10 Å². The highest BCUT2D eigenvalue weighted by molar-refractivity contribution is 9.10. The standard InChI is InChI=1S/C19H24BrNO2/c1-4-22-18-11-16(10-17(20)19(18)23-14(2)3)13-21-12-15-8-6-5-7-9-15/h5-11,14,21H,4,12-13H2,1-3H3. The summed E-state index contributed by atoms with van der Waals surface area (Å²) in [7, 11) is 0. The van der Waals surface area contributed by atoms with E-state index in [0.29, 0.717) is 6.61 Å². The Balaban J connectivity index is 2.06. The van der Waals surface area contributed by atoms with E-state index >= 15 is 0 Å². The fourth-order valence-electron chi connectivity index (χ4n) is 2.28. The van der Waals surface area contributed by atoms with Gasteiger partial charge in [0.05, 0.1) is 17.2 Å². The molecule has 0 unspecified atom stereocenters. The molecular weight excluding hydrogens is 354 g/mol. The van der Waals surface area contributed by atoms with Gasteiger partial charge in [-0.2, -0.15) is 0 Å². The van der Waals surface area contributed by atoms with Crippen LogP contribution in [-0.4, -0.2) is 12.7 Å². The lowest BCUT2D eigenvalue weighted by molar-refractivity contribution is 0.222. The number of hydrogen-bond acceptors (Lipinski definition) is 3. The van der Waals surface area contributed by atoms with Crippen LogP contribution in [0.3, 0.4) is 0 Å². The zero-order chi connectivity index (χ0) is 16.7. The summed E-state index contributed by atoms with van der Waals surface area (Å²) >= 11 is 3.60. The van der Waals surface area contributed by atoms with Gasteiger partial charge in [0.25, 0.3) is 0 Å². The van der Waals surface area contributed by atoms with Crippen LogP contribution in [0.1, 0.15) is 31.9 Å². The molecule has 4 heteroatoms. The molecule has 2 aromatic carbocycles. The minimum Gasteiger partial charge on any atom is -0.490 e. The van der Waals surface area contributed by atoms with Crippen molar-refractivity contribution in [3.05, 3.63) is 58.1 Å². The van der Waals surface area contributed by atoms with Crippen molar-refractivity contribution in [2.45, 2.75) is 40.0 Å². The first kappa shape index (κ1) is 17.8. The lowest BCUT2D eigenvalue weighted by Crippen LogP contribution is -2.13. The summed E-state index contributed by atoms with van der Waals surface area (Å²) < 4.78 is 12.5. The van der Waals surface area contributed by atoms with E-state index in [4.69, 9.17) is 9.47 Å². The van der Waals surface area contributed by atoms with Gasteiger partial charge in [-0.1, -0.05) is 30.3 Å². The number of benzene rings is 2. The molecule has 0 aliphatic heterocycles. The van der Waals surface area contributed by atoms with Crippen molar-refractivity contribution in [1.82, 2.24) is 5.32 Å². The maximum absolute atomic E-state index is 5.87. The van der Waals surface area contributed by atoms with Crippen LogP contribution in [0.15, 0.2) is 46.9 Å². The average molecular weight is 378 g/mol. The molecule has 0 radical (unpaired) electrons. The van der Waals surface area contributed by atoms with E-state index in [1.165, 1.54) is 5.56 Å². The van der Waals surface area contributed by atoms with E-state index in [9.17, 15) is 0 Å². The fourth-order valence-corrected chi connectivity index (χ4v) is 2.87. The monoisotopic (exact) mass is 377 g/mol. The lowest BCUT2D eigenvalue weighted by atomic mass is 10.2. The molecule has 2 aromatic rings. The number of nitrogens with one attached hydrogen (secondary N) is 1. The summed E-state index contributed by atoms with van der Waals surface area (Å²) in [6.07, 6.45) is 0.104. The first-order valence-corrected chi connectivity index (χ1v) is 8.76. The van der Waals surface area contributed by atoms with E-state index < -0.39 is 0 Å². The summed E-state index contributed by atoms with van der Waals surface area (Å²) in [5.41, 5.74) is 2.43. The van der Waals surface area contributed by atoms with Gasteiger partial charge in [0.2, 0.25) is 0 Å². The molecule has 0 spiro atoms. The topological polar surface area (TPSA) is 30.5 Å². The Morgan fingerprint density at radius 1 is 1.04 bits per heavy atom. The third-order valence-electron chi connectivity index (χ3n) is 3.22. The molecule has 1 N–H and O–H groups in total. The second-order valence-corrected chi connectivity index (χ2v) is 6.45. The van der Waals surface area contributed by atoms with Gasteiger partial charge >= 0.3 is 0 Å². The number of rotatable bonds is 8. The first-order chi connectivity index (χ1) is 11.1. The molecule has 0 aromatic heterocycles. The molecule has 0 fully saturated rings. The Hall–Kier alpha value is -1.52. The van der Waals surface area contributed by atoms with Crippen LogP contribution in [0.5, 0.6) is 11.5 Å². The maximum atomic E-state index is 5.87. The van der Waals surface area contributed by atoms with Crippen molar-refractivity contribution in [3.63, 3.8) is 0 Å². The Morgan fingerprint density at radius 2 is 1.74 bits per heavy atom. The van der Waals surface area contributed by atoms with Gasteiger partial charge in [0.15, 0.2) is 11.5 Å². The lowest BCUT2D eigenvalue weighted by Gasteiger charge is -2.17. The quantitative estimate of drug-likeness (QED) is 0.707. The number of hydrogen-bond donors (Lipinski definition) is 1. The highest BCUT2D eigenvalue weighted by atomic mass is 79.9. The van der Waals surface area contributed by atoms with Crippen molar-refractivity contribution in [1.29, 1.82) is 0 Å². The van der Waals surface area contributed by atoms with Gasteiger partial charge in [-0.25, -0.2) is 0 Å². The summed E-state index contributed by atoms with van der Waals surface area (Å²) in [6, 6.07) is 14.5. The SMILES string of the molecule is CCOc1cc(CNCc2ccccc2)cc(Br)c1OC(C)C. The van der Waals surface area contributed by atoms with Gasteiger partial charge in [0.1, 0.15) is 0 Å². The highest BCUT2D eigenvalue weighted by Gasteiger charge is 2.13. The van der Waals surface area contributed by atoms with Crippen molar-refractivity contribution in [2.24, 2.45) is 0 Å². The molecule has 3 nitrogen and oxygen atoms in total. The average Bonchev–Trinajstić information content (AvgIpc) is 2.52. The third kappa shape index (κ3) is 5.56. The van der Waals surface area contributed by atoms with Crippen LogP contribution in [0.25, 0.3) is 0 Å². The molecule has 0 aliphatic rings. The van der Waals surface area contributed by atoms with Crippen LogP contribution in [0.4, 0.5) is 0 Å². The zero-order valence-corrected chi connectivity index (χ0v) is 15.5. The van der Waals surface area contributed by atoms with Crippen LogP contribution in [0.2, 0.25) is 0 Å². The van der Waals surface area contributed by atoms with Crippen molar-refractivity contribution in [3.8, 4) is 11.5 Å². The predicted octanol–water partition coefficient (Wildman–Crippen LogP) is 4.92. The fraction of sp³-hybridized carbons (Fsp3) is 0.368. The van der Waals surface area contributed by atoms with Crippen molar-refractivity contribution < 1.29 is 9.47 Å². The summed E-state index contributed by atoms with van der Waals surface area (Å²) in [4.78, 5) is 0. The molecule has 2 rings (SSSR count). The van der Waals surface area contributed by atoms with Gasteiger partial charge in [0, 0.05) is 13.1 Å². The second-order valence-electron chi connectivity index (χ2n) is 5.59. The van der Waals surface area contributed by atoms with E-state index in [0.717, 1.165) is 34.6 Å². The molecule has 0 heterocycles. The van der Waals surface area contributed by atoms with Crippen molar-refractivity contribution in [2.75, 3.05) is 6.61 Å². The minimum absolute atomic E-state index is 0.104. The van der Waals surface area contributed by atoms with Crippen LogP contribution < -0.4 is 14.8 Å². The highest BCUT2D eigenvalue weighted by Crippen LogP contribution is 2.37. The van der Waals surface area contributed by atoms with Gasteiger partial charge < -0.3 is 14.8 Å². The number of ether oxygens (including phenoxy) is 2.